The molecule has 1 aromatic carbocycles. The summed E-state index contributed by atoms with van der Waals surface area (Å²) in [5.41, 5.74) is 1.29. The molecule has 1 heterocycles. The maximum absolute atomic E-state index is 6.29. The molecule has 1 aromatic heterocycles. The summed E-state index contributed by atoms with van der Waals surface area (Å²) < 4.78 is 5.28. The van der Waals surface area contributed by atoms with Crippen LogP contribution in [0.3, 0.4) is 0 Å². The number of halogens is 1. The molecule has 1 unspecified atom stereocenters. The normalized spacial score (nSPS) is 12.6. The van der Waals surface area contributed by atoms with Gasteiger partial charge in [-0.1, -0.05) is 30.3 Å². The van der Waals surface area contributed by atoms with Crippen molar-refractivity contribution in [3.63, 3.8) is 0 Å². The van der Waals surface area contributed by atoms with E-state index in [4.69, 9.17) is 16.0 Å². The molecule has 16 heavy (non-hydrogen) atoms. The van der Waals surface area contributed by atoms with E-state index in [2.05, 4.69) is 12.1 Å². The highest BCUT2D eigenvalue weighted by atomic mass is 35.5. The van der Waals surface area contributed by atoms with E-state index in [1.54, 1.807) is 6.26 Å². The number of furan rings is 1. The van der Waals surface area contributed by atoms with E-state index in [-0.39, 0.29) is 5.38 Å². The van der Waals surface area contributed by atoms with Gasteiger partial charge >= 0.3 is 0 Å². The van der Waals surface area contributed by atoms with E-state index in [9.17, 15) is 0 Å². The lowest BCUT2D eigenvalue weighted by atomic mass is 10.1. The third-order valence-corrected chi connectivity index (χ3v) is 2.96. The van der Waals surface area contributed by atoms with Crippen LogP contribution in [-0.2, 0) is 12.8 Å². The molecule has 1 nitrogen and oxygen atoms in total. The molecule has 0 aliphatic heterocycles. The van der Waals surface area contributed by atoms with Crippen LogP contribution in [0.5, 0.6) is 0 Å². The quantitative estimate of drug-likeness (QED) is 0.711. The molecule has 84 valence electrons. The summed E-state index contributed by atoms with van der Waals surface area (Å²) in [7, 11) is 0. The van der Waals surface area contributed by atoms with Crippen LogP contribution >= 0.6 is 11.6 Å². The first-order valence-corrected chi connectivity index (χ1v) is 5.98. The van der Waals surface area contributed by atoms with Gasteiger partial charge in [0, 0.05) is 11.8 Å². The molecule has 0 aliphatic carbocycles. The van der Waals surface area contributed by atoms with Gasteiger partial charge in [0.25, 0.3) is 0 Å². The number of hydrogen-bond acceptors (Lipinski definition) is 1. The molecule has 2 heteroatoms. The predicted molar refractivity (Wildman–Crippen MR) is 66.8 cm³/mol. The summed E-state index contributed by atoms with van der Waals surface area (Å²) in [6, 6.07) is 14.2. The van der Waals surface area contributed by atoms with Crippen molar-refractivity contribution in [2.45, 2.75) is 24.6 Å². The van der Waals surface area contributed by atoms with Gasteiger partial charge in [-0.2, -0.15) is 0 Å². The Morgan fingerprint density at radius 1 is 1.06 bits per heavy atom. The van der Waals surface area contributed by atoms with Crippen LogP contribution < -0.4 is 0 Å². The molecule has 0 saturated carbocycles. The van der Waals surface area contributed by atoms with Gasteiger partial charge in [0.1, 0.15) is 5.76 Å². The maximum Gasteiger partial charge on any atom is 0.103 e. The first kappa shape index (κ1) is 11.3. The highest BCUT2D eigenvalue weighted by molar-refractivity contribution is 6.20. The summed E-state index contributed by atoms with van der Waals surface area (Å²) in [4.78, 5) is 0. The van der Waals surface area contributed by atoms with E-state index in [0.717, 1.165) is 25.0 Å². The van der Waals surface area contributed by atoms with E-state index in [1.165, 1.54) is 5.56 Å². The summed E-state index contributed by atoms with van der Waals surface area (Å²) in [6.07, 6.45) is 4.48. The summed E-state index contributed by atoms with van der Waals surface area (Å²) in [5.74, 6) is 1.01. The van der Waals surface area contributed by atoms with Crippen molar-refractivity contribution in [3.05, 3.63) is 60.1 Å². The van der Waals surface area contributed by atoms with Gasteiger partial charge in [-0.3, -0.25) is 0 Å². The first-order chi connectivity index (χ1) is 7.84. The van der Waals surface area contributed by atoms with Crippen molar-refractivity contribution in [2.75, 3.05) is 0 Å². The van der Waals surface area contributed by atoms with Crippen molar-refractivity contribution in [2.24, 2.45) is 0 Å². The van der Waals surface area contributed by atoms with Crippen LogP contribution in [0.15, 0.2) is 53.1 Å². The maximum atomic E-state index is 6.29. The Labute approximate surface area is 101 Å². The van der Waals surface area contributed by atoms with Crippen molar-refractivity contribution in [1.29, 1.82) is 0 Å². The minimum atomic E-state index is 0.174. The van der Waals surface area contributed by atoms with Gasteiger partial charge in [-0.05, 0) is 30.5 Å². The van der Waals surface area contributed by atoms with Gasteiger partial charge in [-0.25, -0.2) is 0 Å². The largest absolute Gasteiger partial charge is 0.469 e. The van der Waals surface area contributed by atoms with Crippen LogP contribution in [-0.4, -0.2) is 5.38 Å². The molecule has 0 radical (unpaired) electrons. The Balaban J connectivity index is 1.78. The van der Waals surface area contributed by atoms with Crippen LogP contribution in [0.2, 0.25) is 0 Å². The van der Waals surface area contributed by atoms with Gasteiger partial charge in [-0.15, -0.1) is 11.6 Å². The van der Waals surface area contributed by atoms with E-state index in [1.807, 2.05) is 30.3 Å². The zero-order valence-electron chi connectivity index (χ0n) is 9.10. The number of hydrogen-bond donors (Lipinski definition) is 0. The first-order valence-electron chi connectivity index (χ1n) is 5.55. The second-order valence-corrected chi connectivity index (χ2v) is 4.52. The van der Waals surface area contributed by atoms with Gasteiger partial charge in [0.05, 0.1) is 6.26 Å². The molecular weight excluding hydrogens is 220 g/mol. The van der Waals surface area contributed by atoms with Crippen molar-refractivity contribution in [1.82, 2.24) is 0 Å². The van der Waals surface area contributed by atoms with E-state index in [0.29, 0.717) is 0 Å². The Bertz CT molecular complexity index is 394. The number of aryl methyl sites for hydroxylation is 1. The lowest BCUT2D eigenvalue weighted by Gasteiger charge is -2.08. The molecule has 0 aliphatic rings. The molecular formula is C14H15ClO. The van der Waals surface area contributed by atoms with Crippen LogP contribution in [0.4, 0.5) is 0 Å². The molecule has 0 spiro atoms. The zero-order chi connectivity index (χ0) is 11.2. The van der Waals surface area contributed by atoms with Crippen molar-refractivity contribution >= 4 is 11.6 Å². The molecule has 2 rings (SSSR count). The second kappa shape index (κ2) is 5.76. The van der Waals surface area contributed by atoms with Crippen molar-refractivity contribution in [3.8, 4) is 0 Å². The Kier molecular flexibility index (Phi) is 4.06. The third kappa shape index (κ3) is 3.42. The van der Waals surface area contributed by atoms with Gasteiger partial charge in [0.2, 0.25) is 0 Å². The molecule has 0 fully saturated rings. The van der Waals surface area contributed by atoms with Gasteiger partial charge < -0.3 is 4.42 Å². The smallest absolute Gasteiger partial charge is 0.103 e. The molecule has 0 saturated heterocycles. The second-order valence-electron chi connectivity index (χ2n) is 3.91. The lowest BCUT2D eigenvalue weighted by Crippen LogP contribution is -2.04. The molecule has 1 atom stereocenters. The highest BCUT2D eigenvalue weighted by Gasteiger charge is 2.07. The molecule has 2 aromatic rings. The predicted octanol–water partition coefficient (Wildman–Crippen LogP) is 4.06. The minimum Gasteiger partial charge on any atom is -0.469 e. The van der Waals surface area contributed by atoms with Gasteiger partial charge in [0.15, 0.2) is 0 Å². The fourth-order valence-corrected chi connectivity index (χ4v) is 2.01. The van der Waals surface area contributed by atoms with Crippen LogP contribution in [0.1, 0.15) is 17.7 Å². The number of benzene rings is 1. The Morgan fingerprint density at radius 3 is 2.56 bits per heavy atom. The zero-order valence-corrected chi connectivity index (χ0v) is 9.86. The molecule has 0 amide bonds. The van der Waals surface area contributed by atoms with E-state index >= 15 is 0 Å². The minimum absolute atomic E-state index is 0.174. The Morgan fingerprint density at radius 2 is 1.88 bits per heavy atom. The standard InChI is InChI=1S/C14H15ClO/c15-13(8-9-14-7-4-10-16-14)11-12-5-2-1-3-6-12/h1-7,10,13H,8-9,11H2. The summed E-state index contributed by atoms with van der Waals surface area (Å²) in [6.45, 7) is 0. The average Bonchev–Trinajstić information content (AvgIpc) is 2.81. The van der Waals surface area contributed by atoms with Crippen molar-refractivity contribution < 1.29 is 4.42 Å². The third-order valence-electron chi connectivity index (χ3n) is 2.58. The highest BCUT2D eigenvalue weighted by Crippen LogP contribution is 2.14. The lowest BCUT2D eigenvalue weighted by molar-refractivity contribution is 0.499. The van der Waals surface area contributed by atoms with Crippen LogP contribution in [0, 0.1) is 0 Å². The fraction of sp³-hybridized carbons (Fsp3) is 0.286. The number of alkyl halides is 1. The summed E-state index contributed by atoms with van der Waals surface area (Å²) in [5, 5.41) is 0.174. The average molecular weight is 235 g/mol. The monoisotopic (exact) mass is 234 g/mol. The molecule has 0 N–H and O–H groups in total. The molecule has 0 bridgehead atoms. The topological polar surface area (TPSA) is 13.1 Å². The number of rotatable bonds is 5. The summed E-state index contributed by atoms with van der Waals surface area (Å²) >= 11 is 6.29. The fourth-order valence-electron chi connectivity index (χ4n) is 1.73. The Hall–Kier alpha value is -1.21. The van der Waals surface area contributed by atoms with E-state index < -0.39 is 0 Å². The SMILES string of the molecule is ClC(CCc1ccco1)Cc1ccccc1. The van der Waals surface area contributed by atoms with Crippen LogP contribution in [0.25, 0.3) is 0 Å².